The lowest BCUT2D eigenvalue weighted by Crippen LogP contribution is -2.26. The van der Waals surface area contributed by atoms with Crippen LogP contribution in [0.25, 0.3) is 0 Å². The van der Waals surface area contributed by atoms with Crippen LogP contribution in [0.4, 0.5) is 5.69 Å². The lowest BCUT2D eigenvalue weighted by atomic mass is 9.95. The number of sulfone groups is 1. The third kappa shape index (κ3) is 6.31. The molecule has 1 saturated carbocycles. The summed E-state index contributed by atoms with van der Waals surface area (Å²) in [7, 11) is -7.74. The summed E-state index contributed by atoms with van der Waals surface area (Å²) in [5, 5.41) is 3.48. The Morgan fingerprint density at radius 3 is 2.37 bits per heavy atom. The van der Waals surface area contributed by atoms with Crippen molar-refractivity contribution in [3.8, 4) is 0 Å². The predicted molar refractivity (Wildman–Crippen MR) is 136 cm³/mol. The van der Waals surface area contributed by atoms with Gasteiger partial charge in [-0.15, -0.1) is 0 Å². The van der Waals surface area contributed by atoms with E-state index in [0.29, 0.717) is 24.6 Å². The van der Waals surface area contributed by atoms with Crippen LogP contribution in [0.3, 0.4) is 0 Å². The Morgan fingerprint density at radius 1 is 0.971 bits per heavy atom. The third-order valence-electron chi connectivity index (χ3n) is 6.34. The summed E-state index contributed by atoms with van der Waals surface area (Å²) in [6.07, 6.45) is 11.7. The van der Waals surface area contributed by atoms with Crippen LogP contribution in [-0.2, 0) is 26.4 Å². The first kappa shape index (κ1) is 25.4. The lowest BCUT2D eigenvalue weighted by Gasteiger charge is -2.23. The van der Waals surface area contributed by atoms with E-state index in [1.54, 1.807) is 43.7 Å². The molecular formula is C25H32N4O4S2. The van der Waals surface area contributed by atoms with E-state index in [1.165, 1.54) is 37.5 Å². The van der Waals surface area contributed by atoms with Crippen LogP contribution in [-0.4, -0.2) is 39.0 Å². The number of nitrogens with zero attached hydrogens (tertiary/aromatic N) is 2. The molecule has 0 unspecified atom stereocenters. The van der Waals surface area contributed by atoms with Gasteiger partial charge in [-0.25, -0.2) is 26.5 Å². The monoisotopic (exact) mass is 516 g/mol. The fraction of sp³-hybridized carbons (Fsp3) is 0.400. The minimum absolute atomic E-state index is 0.0307. The van der Waals surface area contributed by atoms with E-state index in [2.05, 4.69) is 15.0 Å². The number of benzene rings is 2. The third-order valence-corrected chi connectivity index (χ3v) is 9.71. The van der Waals surface area contributed by atoms with Crippen molar-refractivity contribution in [1.82, 2.24) is 14.3 Å². The van der Waals surface area contributed by atoms with Gasteiger partial charge in [0.05, 0.1) is 21.0 Å². The molecule has 10 heteroatoms. The molecule has 2 N–H and O–H groups in total. The van der Waals surface area contributed by atoms with Crippen LogP contribution in [0.15, 0.2) is 75.9 Å². The molecule has 8 nitrogen and oxygen atoms in total. The van der Waals surface area contributed by atoms with Gasteiger partial charge in [-0.3, -0.25) is 0 Å². The Kier molecular flexibility index (Phi) is 7.93. The molecule has 0 aliphatic heterocycles. The summed E-state index contributed by atoms with van der Waals surface area (Å²) in [5.74, 6) is 0. The SMILES string of the molecule is Cc1ccc(S(=O)(=O)c2ccc(NC3CCCCC3)cc2)cc1S(=O)(=O)NCCCn1ccnc1. The molecule has 0 amide bonds. The number of nitrogens with one attached hydrogen (secondary N) is 2. The zero-order valence-electron chi connectivity index (χ0n) is 19.9. The molecule has 0 saturated heterocycles. The highest BCUT2D eigenvalue weighted by atomic mass is 32.2. The molecule has 3 aromatic rings. The molecule has 188 valence electrons. The molecule has 1 fully saturated rings. The second-order valence-corrected chi connectivity index (χ2v) is 12.7. The van der Waals surface area contributed by atoms with Crippen molar-refractivity contribution in [2.75, 3.05) is 11.9 Å². The first-order valence-corrected chi connectivity index (χ1v) is 14.9. The van der Waals surface area contributed by atoms with Crippen LogP contribution < -0.4 is 10.0 Å². The summed E-state index contributed by atoms with van der Waals surface area (Å²) in [5.41, 5.74) is 1.38. The van der Waals surface area contributed by atoms with E-state index in [4.69, 9.17) is 0 Å². The molecule has 35 heavy (non-hydrogen) atoms. The topological polar surface area (TPSA) is 110 Å². The van der Waals surface area contributed by atoms with Gasteiger partial charge in [0.25, 0.3) is 0 Å². The fourth-order valence-electron chi connectivity index (χ4n) is 4.35. The van der Waals surface area contributed by atoms with E-state index in [-0.39, 0.29) is 21.2 Å². The first-order chi connectivity index (χ1) is 16.8. The average molecular weight is 517 g/mol. The van der Waals surface area contributed by atoms with Crippen molar-refractivity contribution < 1.29 is 16.8 Å². The van der Waals surface area contributed by atoms with Crippen molar-refractivity contribution in [3.05, 3.63) is 66.7 Å². The molecule has 0 radical (unpaired) electrons. The summed E-state index contributed by atoms with van der Waals surface area (Å²) >= 11 is 0. The molecule has 1 aromatic heterocycles. The molecule has 0 atom stereocenters. The molecule has 0 bridgehead atoms. The minimum atomic E-state index is -3.87. The molecule has 1 aliphatic rings. The van der Waals surface area contributed by atoms with Crippen molar-refractivity contribution in [1.29, 1.82) is 0 Å². The number of sulfonamides is 1. The first-order valence-electron chi connectivity index (χ1n) is 11.9. The number of rotatable bonds is 10. The molecule has 0 spiro atoms. The Bertz CT molecular complexity index is 1330. The van der Waals surface area contributed by atoms with Crippen LogP contribution in [0, 0.1) is 6.92 Å². The van der Waals surface area contributed by atoms with Gasteiger partial charge in [0.15, 0.2) is 0 Å². The zero-order chi connectivity index (χ0) is 24.9. The van der Waals surface area contributed by atoms with E-state index < -0.39 is 19.9 Å². The van der Waals surface area contributed by atoms with Gasteiger partial charge in [-0.1, -0.05) is 25.3 Å². The van der Waals surface area contributed by atoms with E-state index in [0.717, 1.165) is 18.5 Å². The van der Waals surface area contributed by atoms with Crippen molar-refractivity contribution >= 4 is 25.5 Å². The maximum Gasteiger partial charge on any atom is 0.240 e. The normalized spacial score (nSPS) is 15.2. The van der Waals surface area contributed by atoms with Crippen LogP contribution in [0.2, 0.25) is 0 Å². The summed E-state index contributed by atoms with van der Waals surface area (Å²) in [6.45, 7) is 2.51. The molecule has 2 aromatic carbocycles. The highest BCUT2D eigenvalue weighted by Gasteiger charge is 2.23. The van der Waals surface area contributed by atoms with Gasteiger partial charge in [-0.2, -0.15) is 0 Å². The molecular weight excluding hydrogens is 484 g/mol. The van der Waals surface area contributed by atoms with Gasteiger partial charge in [-0.05, 0) is 68.1 Å². The minimum Gasteiger partial charge on any atom is -0.382 e. The smallest absolute Gasteiger partial charge is 0.240 e. The summed E-state index contributed by atoms with van der Waals surface area (Å²) in [4.78, 5) is 4.02. The number of imidazole rings is 1. The van der Waals surface area contributed by atoms with E-state index in [9.17, 15) is 16.8 Å². The Morgan fingerprint density at radius 2 is 1.69 bits per heavy atom. The summed E-state index contributed by atoms with van der Waals surface area (Å²) < 4.78 is 56.8. The Balaban J connectivity index is 1.47. The van der Waals surface area contributed by atoms with Crippen LogP contribution in [0.5, 0.6) is 0 Å². The van der Waals surface area contributed by atoms with Crippen molar-refractivity contribution in [2.24, 2.45) is 0 Å². The van der Waals surface area contributed by atoms with E-state index >= 15 is 0 Å². The molecule has 1 aliphatic carbocycles. The van der Waals surface area contributed by atoms with Crippen molar-refractivity contribution in [3.63, 3.8) is 0 Å². The van der Waals surface area contributed by atoms with Gasteiger partial charge < -0.3 is 9.88 Å². The zero-order valence-corrected chi connectivity index (χ0v) is 21.5. The van der Waals surface area contributed by atoms with Crippen LogP contribution >= 0.6 is 0 Å². The van der Waals surface area contributed by atoms with Crippen LogP contribution in [0.1, 0.15) is 44.1 Å². The standard InChI is InChI=1S/C25H32N4O4S2/c1-20-8-11-24(18-25(20)35(32,33)27-14-5-16-29-17-15-26-19-29)34(30,31)23-12-9-22(10-13-23)28-21-6-3-2-4-7-21/h8-13,15,17-19,21,27-28H,2-7,14,16H2,1H3. The van der Waals surface area contributed by atoms with Gasteiger partial charge in [0.1, 0.15) is 0 Å². The maximum atomic E-state index is 13.3. The van der Waals surface area contributed by atoms with Gasteiger partial charge >= 0.3 is 0 Å². The maximum absolute atomic E-state index is 13.3. The number of anilines is 1. The largest absolute Gasteiger partial charge is 0.382 e. The number of hydrogen-bond donors (Lipinski definition) is 2. The molecule has 1 heterocycles. The highest BCUT2D eigenvalue weighted by Crippen LogP contribution is 2.27. The lowest BCUT2D eigenvalue weighted by molar-refractivity contribution is 0.463. The number of hydrogen-bond acceptors (Lipinski definition) is 6. The second kappa shape index (κ2) is 10.9. The second-order valence-electron chi connectivity index (χ2n) is 8.99. The fourth-order valence-corrected chi connectivity index (χ4v) is 7.05. The number of aromatic nitrogens is 2. The van der Waals surface area contributed by atoms with Gasteiger partial charge in [0.2, 0.25) is 19.9 Å². The Labute approximate surface area is 207 Å². The van der Waals surface area contributed by atoms with Crippen molar-refractivity contribution in [2.45, 2.75) is 72.7 Å². The molecule has 4 rings (SSSR count). The predicted octanol–water partition coefficient (Wildman–Crippen LogP) is 4.14. The quantitative estimate of drug-likeness (QED) is 0.392. The number of aryl methyl sites for hydroxylation is 2. The highest BCUT2D eigenvalue weighted by molar-refractivity contribution is 7.91. The van der Waals surface area contributed by atoms with Gasteiger partial charge in [0, 0.05) is 37.2 Å². The Hall–Kier alpha value is -2.69. The van der Waals surface area contributed by atoms with E-state index in [1.807, 2.05) is 10.8 Å². The summed E-state index contributed by atoms with van der Waals surface area (Å²) in [6, 6.07) is 11.3. The average Bonchev–Trinajstić information content (AvgIpc) is 3.37.